The molecule has 0 saturated heterocycles. The Balaban J connectivity index is 2.68. The van der Waals surface area contributed by atoms with Crippen LogP contribution in [0.25, 0.3) is 0 Å². The van der Waals surface area contributed by atoms with E-state index in [2.05, 4.69) is 41.9 Å². The van der Waals surface area contributed by atoms with E-state index in [1.807, 2.05) is 18.2 Å². The lowest BCUT2D eigenvalue weighted by Gasteiger charge is -2.19. The zero-order valence-corrected chi connectivity index (χ0v) is 12.7. The topological polar surface area (TPSA) is 21.3 Å². The molecule has 7 heteroatoms. The fraction of sp³-hybridized carbons (Fsp3) is 0.455. The summed E-state index contributed by atoms with van der Waals surface area (Å²) in [7, 11) is 1.68. The minimum Gasteiger partial charge on any atom is -0.370 e. The van der Waals surface area contributed by atoms with E-state index in [1.54, 1.807) is 7.05 Å². The number of ether oxygens (including phenoxy) is 1. The Kier molecular flexibility index (Phi) is 6.10. The number of hydrogen-bond acceptors (Lipinski definition) is 2. The fourth-order valence-corrected chi connectivity index (χ4v) is 2.30. The lowest BCUT2D eigenvalue weighted by molar-refractivity contribution is -0.175. The van der Waals surface area contributed by atoms with Gasteiger partial charge in [0, 0.05) is 8.95 Å². The molecule has 1 atom stereocenters. The van der Waals surface area contributed by atoms with Gasteiger partial charge in [-0.1, -0.05) is 31.9 Å². The smallest absolute Gasteiger partial charge is 0.370 e. The van der Waals surface area contributed by atoms with Crippen molar-refractivity contribution in [1.82, 2.24) is 5.32 Å². The number of alkyl halides is 3. The molecule has 0 aliphatic rings. The van der Waals surface area contributed by atoms with E-state index in [1.165, 1.54) is 0 Å². The summed E-state index contributed by atoms with van der Waals surface area (Å²) < 4.78 is 42.3. The normalized spacial score (nSPS) is 13.7. The molecule has 1 rings (SSSR count). The van der Waals surface area contributed by atoms with E-state index in [4.69, 9.17) is 0 Å². The number of nitrogens with one attached hydrogen (secondary N) is 1. The first kappa shape index (κ1) is 15.9. The molecule has 0 amide bonds. The molecular formula is C11H12Br2F3NO. The number of rotatable bonds is 5. The summed E-state index contributed by atoms with van der Waals surface area (Å²) >= 11 is 6.69. The van der Waals surface area contributed by atoms with Gasteiger partial charge in [0.25, 0.3) is 0 Å². The molecule has 1 N–H and O–H groups in total. The Bertz CT molecular complexity index is 398. The van der Waals surface area contributed by atoms with Crippen LogP contribution in [0.2, 0.25) is 0 Å². The van der Waals surface area contributed by atoms with Gasteiger partial charge < -0.3 is 10.1 Å². The van der Waals surface area contributed by atoms with Crippen molar-refractivity contribution in [3.63, 3.8) is 0 Å². The zero-order valence-electron chi connectivity index (χ0n) is 9.52. The average Bonchev–Trinajstić information content (AvgIpc) is 2.27. The minimum atomic E-state index is -4.30. The van der Waals surface area contributed by atoms with Crippen molar-refractivity contribution < 1.29 is 17.9 Å². The Hall–Kier alpha value is -0.110. The predicted molar refractivity (Wildman–Crippen MR) is 70.5 cm³/mol. The highest BCUT2D eigenvalue weighted by molar-refractivity contribution is 9.11. The summed E-state index contributed by atoms with van der Waals surface area (Å²) in [6.07, 6.45) is -4.30. The molecule has 0 saturated carbocycles. The standard InChI is InChI=1S/C11H12Br2F3NO/c1-17-10(5-18-6-11(14,15)16)8-4-7(12)2-3-9(8)13/h2-4,10,17H,5-6H2,1H3. The summed E-state index contributed by atoms with van der Waals surface area (Å²) in [5.41, 5.74) is 0.842. The summed E-state index contributed by atoms with van der Waals surface area (Å²) in [6.45, 7) is -1.29. The highest BCUT2D eigenvalue weighted by Gasteiger charge is 2.28. The summed E-state index contributed by atoms with van der Waals surface area (Å²) in [4.78, 5) is 0. The minimum absolute atomic E-state index is 0.0505. The number of likely N-dealkylation sites (N-methyl/N-ethyl adjacent to an activating group) is 1. The van der Waals surface area contributed by atoms with Gasteiger partial charge in [-0.15, -0.1) is 0 Å². The Labute approximate surface area is 120 Å². The second-order valence-corrected chi connectivity index (χ2v) is 5.41. The van der Waals surface area contributed by atoms with E-state index < -0.39 is 12.8 Å². The Morgan fingerprint density at radius 1 is 1.33 bits per heavy atom. The molecule has 1 unspecified atom stereocenters. The van der Waals surface area contributed by atoms with Gasteiger partial charge in [-0.2, -0.15) is 13.2 Å². The van der Waals surface area contributed by atoms with E-state index in [0.29, 0.717) is 0 Å². The molecule has 1 aromatic rings. The number of halogens is 5. The third-order valence-electron chi connectivity index (χ3n) is 2.23. The van der Waals surface area contributed by atoms with Crippen LogP contribution in [0.5, 0.6) is 0 Å². The molecule has 0 aliphatic heterocycles. The molecule has 0 aliphatic carbocycles. The maximum atomic E-state index is 12.0. The molecule has 0 bridgehead atoms. The monoisotopic (exact) mass is 389 g/mol. The van der Waals surface area contributed by atoms with Gasteiger partial charge in [0.2, 0.25) is 0 Å². The maximum Gasteiger partial charge on any atom is 0.411 e. The van der Waals surface area contributed by atoms with E-state index in [0.717, 1.165) is 14.5 Å². The van der Waals surface area contributed by atoms with Crippen LogP contribution in [0, 0.1) is 0 Å². The maximum absolute atomic E-state index is 12.0. The second kappa shape index (κ2) is 6.88. The second-order valence-electron chi connectivity index (χ2n) is 3.64. The van der Waals surface area contributed by atoms with Gasteiger partial charge in [0.1, 0.15) is 6.61 Å². The van der Waals surface area contributed by atoms with Gasteiger partial charge in [0.15, 0.2) is 0 Å². The van der Waals surface area contributed by atoms with Gasteiger partial charge in [-0.05, 0) is 30.8 Å². The molecule has 0 spiro atoms. The predicted octanol–water partition coefficient (Wildman–Crippen LogP) is 4.05. The molecular weight excluding hydrogens is 379 g/mol. The van der Waals surface area contributed by atoms with Crippen molar-refractivity contribution in [2.24, 2.45) is 0 Å². The highest BCUT2D eigenvalue weighted by Crippen LogP contribution is 2.27. The van der Waals surface area contributed by atoms with Crippen LogP contribution in [0.1, 0.15) is 11.6 Å². The first-order valence-electron chi connectivity index (χ1n) is 5.10. The van der Waals surface area contributed by atoms with Crippen LogP contribution in [-0.4, -0.2) is 26.4 Å². The van der Waals surface area contributed by atoms with Crippen molar-refractivity contribution in [2.75, 3.05) is 20.3 Å². The van der Waals surface area contributed by atoms with Gasteiger partial charge in [-0.3, -0.25) is 0 Å². The molecule has 0 aromatic heterocycles. The van der Waals surface area contributed by atoms with E-state index >= 15 is 0 Å². The molecule has 2 nitrogen and oxygen atoms in total. The third-order valence-corrected chi connectivity index (χ3v) is 3.45. The quantitative estimate of drug-likeness (QED) is 0.818. The van der Waals surface area contributed by atoms with Crippen LogP contribution in [0.4, 0.5) is 13.2 Å². The van der Waals surface area contributed by atoms with Crippen LogP contribution < -0.4 is 5.32 Å². The van der Waals surface area contributed by atoms with Crippen molar-refractivity contribution in [3.8, 4) is 0 Å². The highest BCUT2D eigenvalue weighted by atomic mass is 79.9. The average molecular weight is 391 g/mol. The molecule has 102 valence electrons. The lowest BCUT2D eigenvalue weighted by atomic mass is 10.1. The molecule has 1 aromatic carbocycles. The largest absolute Gasteiger partial charge is 0.411 e. The van der Waals surface area contributed by atoms with Crippen LogP contribution >= 0.6 is 31.9 Å². The summed E-state index contributed by atoms with van der Waals surface area (Å²) in [6, 6.07) is 5.20. The van der Waals surface area contributed by atoms with Crippen LogP contribution in [0.3, 0.4) is 0 Å². The van der Waals surface area contributed by atoms with E-state index in [9.17, 15) is 13.2 Å². The van der Waals surface area contributed by atoms with E-state index in [-0.39, 0.29) is 12.6 Å². The molecule has 0 radical (unpaired) electrons. The Morgan fingerprint density at radius 3 is 2.56 bits per heavy atom. The van der Waals surface area contributed by atoms with Crippen molar-refractivity contribution in [2.45, 2.75) is 12.2 Å². The SMILES string of the molecule is CNC(COCC(F)(F)F)c1cc(Br)ccc1Br. The fourth-order valence-electron chi connectivity index (χ4n) is 1.40. The van der Waals surface area contributed by atoms with Crippen LogP contribution in [-0.2, 0) is 4.74 Å². The first-order valence-corrected chi connectivity index (χ1v) is 6.69. The van der Waals surface area contributed by atoms with Gasteiger partial charge >= 0.3 is 6.18 Å². The van der Waals surface area contributed by atoms with Crippen LogP contribution in [0.15, 0.2) is 27.1 Å². The first-order chi connectivity index (χ1) is 8.33. The molecule has 18 heavy (non-hydrogen) atoms. The summed E-state index contributed by atoms with van der Waals surface area (Å²) in [5.74, 6) is 0. The van der Waals surface area contributed by atoms with Crippen molar-refractivity contribution in [3.05, 3.63) is 32.7 Å². The summed E-state index contributed by atoms with van der Waals surface area (Å²) in [5, 5.41) is 2.93. The van der Waals surface area contributed by atoms with Crippen molar-refractivity contribution >= 4 is 31.9 Å². The Morgan fingerprint density at radius 2 is 2.00 bits per heavy atom. The number of benzene rings is 1. The third kappa shape index (κ3) is 5.26. The van der Waals surface area contributed by atoms with Gasteiger partial charge in [0.05, 0.1) is 12.6 Å². The molecule has 0 heterocycles. The number of hydrogen-bond donors (Lipinski definition) is 1. The van der Waals surface area contributed by atoms with Gasteiger partial charge in [-0.25, -0.2) is 0 Å². The molecule has 0 fully saturated rings. The van der Waals surface area contributed by atoms with Crippen molar-refractivity contribution in [1.29, 1.82) is 0 Å². The zero-order chi connectivity index (χ0) is 13.8. The lowest BCUT2D eigenvalue weighted by Crippen LogP contribution is -2.26.